The van der Waals surface area contributed by atoms with Crippen LogP contribution >= 0.6 is 0 Å². The fourth-order valence-electron chi connectivity index (χ4n) is 10.5. The minimum Gasteiger partial charge on any atom is -0.457 e. The predicted molar refractivity (Wildman–Crippen MR) is 259 cm³/mol. The van der Waals surface area contributed by atoms with Gasteiger partial charge in [-0.15, -0.1) is 0 Å². The first kappa shape index (κ1) is 36.2. The number of rotatable bonds is 5. The van der Waals surface area contributed by atoms with E-state index in [1.165, 1.54) is 22.3 Å². The highest BCUT2D eigenvalue weighted by Gasteiger charge is 2.51. The molecule has 0 radical (unpaired) electrons. The molecule has 298 valence electrons. The number of hydrogen-bond donors (Lipinski definition) is 0. The van der Waals surface area contributed by atoms with E-state index >= 15 is 0 Å². The van der Waals surface area contributed by atoms with Crippen LogP contribution in [0.4, 0.5) is 0 Å². The summed E-state index contributed by atoms with van der Waals surface area (Å²) in [4.78, 5) is 16.3. The van der Waals surface area contributed by atoms with E-state index in [0.717, 1.165) is 83.1 Å². The number of fused-ring (bicyclic) bond motifs is 11. The zero-order valence-corrected chi connectivity index (χ0v) is 34.6. The third-order valence-electron chi connectivity index (χ3n) is 13.2. The van der Waals surface area contributed by atoms with Gasteiger partial charge in [-0.05, 0) is 84.3 Å². The average Bonchev–Trinajstić information content (AvgIpc) is 3.66. The smallest absolute Gasteiger partial charge is 0.165 e. The van der Waals surface area contributed by atoms with Crippen molar-refractivity contribution >= 4 is 21.5 Å². The molecule has 11 aromatic rings. The number of para-hydroxylation sites is 1. The van der Waals surface area contributed by atoms with Crippen LogP contribution in [-0.4, -0.2) is 15.0 Å². The van der Waals surface area contributed by atoms with Gasteiger partial charge in [0.1, 0.15) is 11.5 Å². The second kappa shape index (κ2) is 14.3. The van der Waals surface area contributed by atoms with Crippen LogP contribution in [-0.2, 0) is 5.41 Å². The van der Waals surface area contributed by atoms with Gasteiger partial charge in [-0.1, -0.05) is 206 Å². The van der Waals surface area contributed by atoms with E-state index < -0.39 is 5.41 Å². The van der Waals surface area contributed by atoms with Crippen LogP contribution in [0.1, 0.15) is 22.3 Å². The molecule has 1 aliphatic heterocycles. The monoisotopic (exact) mass is 815 g/mol. The number of hydrogen-bond acceptors (Lipinski definition) is 4. The molecule has 0 unspecified atom stereocenters. The van der Waals surface area contributed by atoms with Gasteiger partial charge in [-0.2, -0.15) is 0 Å². The molecule has 4 nitrogen and oxygen atoms in total. The number of benzene rings is 10. The van der Waals surface area contributed by atoms with E-state index in [-0.39, 0.29) is 0 Å². The number of nitrogens with zero attached hydrogens (tertiary/aromatic N) is 3. The Morgan fingerprint density at radius 3 is 1.39 bits per heavy atom. The van der Waals surface area contributed by atoms with Gasteiger partial charge in [0, 0.05) is 27.8 Å². The molecule has 0 saturated carbocycles. The summed E-state index contributed by atoms with van der Waals surface area (Å²) >= 11 is 0. The summed E-state index contributed by atoms with van der Waals surface area (Å²) in [5.74, 6) is 3.55. The van der Waals surface area contributed by atoms with E-state index in [9.17, 15) is 0 Å². The van der Waals surface area contributed by atoms with Gasteiger partial charge in [0.25, 0.3) is 0 Å². The summed E-state index contributed by atoms with van der Waals surface area (Å²) in [6.07, 6.45) is 0. The fraction of sp³-hybridized carbons (Fsp3) is 0.0167. The summed E-state index contributed by atoms with van der Waals surface area (Å²) in [6, 6.07) is 79.6. The Hall–Kier alpha value is -8.47. The molecule has 13 rings (SSSR count). The van der Waals surface area contributed by atoms with Gasteiger partial charge in [0.05, 0.1) is 5.41 Å². The van der Waals surface area contributed by atoms with Crippen LogP contribution in [0.15, 0.2) is 224 Å². The third kappa shape index (κ3) is 5.39. The van der Waals surface area contributed by atoms with E-state index in [0.29, 0.717) is 17.5 Å². The van der Waals surface area contributed by atoms with Gasteiger partial charge < -0.3 is 4.74 Å². The zero-order chi connectivity index (χ0) is 42.2. The normalized spacial score (nSPS) is 12.9. The van der Waals surface area contributed by atoms with Gasteiger partial charge in [-0.3, -0.25) is 0 Å². The molecule has 2 heterocycles. The third-order valence-corrected chi connectivity index (χ3v) is 13.2. The zero-order valence-electron chi connectivity index (χ0n) is 34.6. The van der Waals surface area contributed by atoms with Crippen molar-refractivity contribution in [1.82, 2.24) is 15.0 Å². The minimum absolute atomic E-state index is 0.604. The first-order valence-corrected chi connectivity index (χ1v) is 21.8. The molecule has 10 aromatic carbocycles. The van der Waals surface area contributed by atoms with Crippen LogP contribution in [0.2, 0.25) is 0 Å². The maximum Gasteiger partial charge on any atom is 0.165 e. The lowest BCUT2D eigenvalue weighted by atomic mass is 9.65. The van der Waals surface area contributed by atoms with Crippen molar-refractivity contribution in [2.75, 3.05) is 0 Å². The van der Waals surface area contributed by atoms with Crippen LogP contribution < -0.4 is 4.74 Å². The highest BCUT2D eigenvalue weighted by atomic mass is 16.5. The molecule has 0 atom stereocenters. The summed E-state index contributed by atoms with van der Waals surface area (Å²) in [6.45, 7) is 0. The topological polar surface area (TPSA) is 47.9 Å². The van der Waals surface area contributed by atoms with Crippen molar-refractivity contribution in [3.63, 3.8) is 0 Å². The molecule has 1 aliphatic carbocycles. The lowest BCUT2D eigenvalue weighted by Gasteiger charge is -2.39. The molecule has 0 fully saturated rings. The maximum atomic E-state index is 6.85. The van der Waals surface area contributed by atoms with Crippen molar-refractivity contribution < 1.29 is 4.74 Å². The van der Waals surface area contributed by atoms with Crippen molar-refractivity contribution in [2.24, 2.45) is 0 Å². The Labute approximate surface area is 370 Å². The standard InChI is InChI=1S/C60H37N3O/c1-3-17-38(18-4-1)45-34-31-39-19-7-9-23-43(39)55(45)58-61-57(41-21-5-2-6-22-41)62-59(63-58)56-44-24-10-8-20-40(44)32-35-46(56)42-33-36-54-52(37-42)60(51-29-15-16-30-53(51)64-54)49-27-13-11-25-47(49)48-26-12-14-28-50(48)60/h1-37H. The van der Waals surface area contributed by atoms with Gasteiger partial charge in [0.15, 0.2) is 17.5 Å². The van der Waals surface area contributed by atoms with E-state index in [1.54, 1.807) is 0 Å². The molecule has 4 heteroatoms. The van der Waals surface area contributed by atoms with Crippen molar-refractivity contribution in [3.05, 3.63) is 247 Å². The largest absolute Gasteiger partial charge is 0.457 e. The Kier molecular flexibility index (Phi) is 8.09. The van der Waals surface area contributed by atoms with E-state index in [1.807, 2.05) is 18.2 Å². The Morgan fingerprint density at radius 2 is 0.766 bits per heavy atom. The summed E-state index contributed by atoms with van der Waals surface area (Å²) in [7, 11) is 0. The first-order chi connectivity index (χ1) is 31.7. The van der Waals surface area contributed by atoms with E-state index in [2.05, 4.69) is 206 Å². The highest BCUT2D eigenvalue weighted by molar-refractivity contribution is 6.05. The van der Waals surface area contributed by atoms with Crippen LogP contribution in [0.25, 0.3) is 89.1 Å². The lowest BCUT2D eigenvalue weighted by molar-refractivity contribution is 0.436. The number of ether oxygens (including phenoxy) is 1. The molecule has 2 aliphatic rings. The predicted octanol–water partition coefficient (Wildman–Crippen LogP) is 15.0. The maximum absolute atomic E-state index is 6.85. The minimum atomic E-state index is -0.604. The Bertz CT molecular complexity index is 3610. The lowest BCUT2D eigenvalue weighted by Crippen LogP contribution is -2.32. The number of aromatic nitrogens is 3. The Morgan fingerprint density at radius 1 is 0.297 bits per heavy atom. The highest BCUT2D eigenvalue weighted by Crippen LogP contribution is 2.62. The van der Waals surface area contributed by atoms with Crippen LogP contribution in [0.5, 0.6) is 11.5 Å². The molecule has 0 N–H and O–H groups in total. The Balaban J connectivity index is 1.10. The SMILES string of the molecule is c1ccc(-c2nc(-c3c(-c4ccccc4)ccc4ccccc34)nc(-c3c(-c4ccc5c(c4)C4(c6ccccc6O5)c5ccccc5-c5ccccc54)ccc4ccccc34)n2)cc1. The summed E-state index contributed by atoms with van der Waals surface area (Å²) in [5, 5.41) is 4.36. The van der Waals surface area contributed by atoms with Crippen molar-refractivity contribution in [3.8, 4) is 79.0 Å². The summed E-state index contributed by atoms with van der Waals surface area (Å²) in [5.41, 5.74) is 13.7. The molecule has 64 heavy (non-hydrogen) atoms. The summed E-state index contributed by atoms with van der Waals surface area (Å²) < 4.78 is 6.85. The van der Waals surface area contributed by atoms with E-state index in [4.69, 9.17) is 19.7 Å². The molecule has 1 aromatic heterocycles. The molecular weight excluding hydrogens is 779 g/mol. The molecule has 0 bridgehead atoms. The quantitative estimate of drug-likeness (QED) is 0.174. The molecule has 0 saturated heterocycles. The van der Waals surface area contributed by atoms with Gasteiger partial charge >= 0.3 is 0 Å². The fourth-order valence-corrected chi connectivity index (χ4v) is 10.5. The first-order valence-electron chi connectivity index (χ1n) is 21.8. The van der Waals surface area contributed by atoms with Gasteiger partial charge in [0.2, 0.25) is 0 Å². The molecule has 1 spiro atoms. The molecule has 0 amide bonds. The van der Waals surface area contributed by atoms with Crippen LogP contribution in [0.3, 0.4) is 0 Å². The second-order valence-corrected chi connectivity index (χ2v) is 16.6. The average molecular weight is 816 g/mol. The second-order valence-electron chi connectivity index (χ2n) is 16.6. The van der Waals surface area contributed by atoms with Crippen molar-refractivity contribution in [1.29, 1.82) is 0 Å². The van der Waals surface area contributed by atoms with Crippen LogP contribution in [0, 0.1) is 0 Å². The molecular formula is C60H37N3O. The van der Waals surface area contributed by atoms with Crippen molar-refractivity contribution in [2.45, 2.75) is 5.41 Å². The van der Waals surface area contributed by atoms with Gasteiger partial charge in [-0.25, -0.2) is 15.0 Å².